The summed E-state index contributed by atoms with van der Waals surface area (Å²) in [6.07, 6.45) is 9.52. The lowest BCUT2D eigenvalue weighted by molar-refractivity contribution is -0.111. The zero-order valence-electron chi connectivity index (χ0n) is 21.6. The standard InChI is InChI=1S/C30H29ClN6O2/c1-3-4-12-26(38)34-19-13-15-21(16-14-19)39-22-9-7-8-20(17-22)35-30-33-18-24(31)28(37-30)27-23-10-5-6-11-25(23)36-29(27)32-2/h4-6,10-16,18,20,22,36H,3,7-9,17H2,1H3,(H,34,38)(H,33,35,37)/b12-4+. The van der Waals surface area contributed by atoms with Gasteiger partial charge in [-0.05, 0) is 62.1 Å². The predicted molar refractivity (Wildman–Crippen MR) is 155 cm³/mol. The van der Waals surface area contributed by atoms with Gasteiger partial charge in [0.05, 0.1) is 16.9 Å². The molecule has 8 nitrogen and oxygen atoms in total. The Balaban J connectivity index is 1.25. The van der Waals surface area contributed by atoms with Crippen molar-refractivity contribution in [3.05, 3.63) is 83.3 Å². The van der Waals surface area contributed by atoms with Crippen LogP contribution < -0.4 is 15.4 Å². The molecule has 39 heavy (non-hydrogen) atoms. The minimum Gasteiger partial charge on any atom is -0.490 e. The average Bonchev–Trinajstić information content (AvgIpc) is 3.33. The Morgan fingerprint density at radius 3 is 2.85 bits per heavy atom. The number of nitrogens with one attached hydrogen (secondary N) is 3. The number of fused-ring (bicyclic) bond motifs is 1. The van der Waals surface area contributed by atoms with Crippen LogP contribution in [0.2, 0.25) is 5.02 Å². The number of anilines is 2. The van der Waals surface area contributed by atoms with Gasteiger partial charge in [-0.25, -0.2) is 9.97 Å². The number of para-hydroxylation sites is 1. The third kappa shape index (κ3) is 6.21. The fourth-order valence-corrected chi connectivity index (χ4v) is 5.03. The number of amides is 1. The summed E-state index contributed by atoms with van der Waals surface area (Å²) in [7, 11) is 0. The normalized spacial score (nSPS) is 17.2. The van der Waals surface area contributed by atoms with Crippen LogP contribution in [-0.4, -0.2) is 33.0 Å². The van der Waals surface area contributed by atoms with E-state index in [1.165, 1.54) is 6.08 Å². The van der Waals surface area contributed by atoms with Crippen molar-refractivity contribution in [2.24, 2.45) is 0 Å². The summed E-state index contributed by atoms with van der Waals surface area (Å²) in [5, 5.41) is 7.58. The number of aromatic amines is 1. The molecule has 1 fully saturated rings. The van der Waals surface area contributed by atoms with Crippen LogP contribution in [0.5, 0.6) is 5.75 Å². The molecular weight excluding hydrogens is 512 g/mol. The summed E-state index contributed by atoms with van der Waals surface area (Å²) in [5.41, 5.74) is 2.79. The van der Waals surface area contributed by atoms with E-state index in [1.54, 1.807) is 6.20 Å². The van der Waals surface area contributed by atoms with Gasteiger partial charge >= 0.3 is 0 Å². The molecule has 2 atom stereocenters. The molecule has 2 aromatic carbocycles. The molecule has 0 radical (unpaired) electrons. The number of ether oxygens (including phenoxy) is 1. The molecule has 1 aliphatic carbocycles. The van der Waals surface area contributed by atoms with Crippen molar-refractivity contribution in [1.82, 2.24) is 15.0 Å². The molecule has 5 rings (SSSR count). The second kappa shape index (κ2) is 12.0. The quantitative estimate of drug-likeness (QED) is 0.158. The van der Waals surface area contributed by atoms with Gasteiger partial charge in [-0.1, -0.05) is 49.4 Å². The highest BCUT2D eigenvalue weighted by Gasteiger charge is 2.25. The monoisotopic (exact) mass is 540 g/mol. The number of carbonyl (C=O) groups is 1. The molecule has 2 aromatic heterocycles. The van der Waals surface area contributed by atoms with Gasteiger partial charge < -0.3 is 25.2 Å². The van der Waals surface area contributed by atoms with Crippen molar-refractivity contribution in [1.29, 1.82) is 0 Å². The first-order chi connectivity index (χ1) is 19.0. The molecule has 1 aliphatic rings. The summed E-state index contributed by atoms with van der Waals surface area (Å²) in [6, 6.07) is 15.3. The summed E-state index contributed by atoms with van der Waals surface area (Å²) in [6.45, 7) is 9.62. The molecule has 0 spiro atoms. The number of H-pyrrole nitrogens is 1. The Kier molecular flexibility index (Phi) is 8.09. The van der Waals surface area contributed by atoms with Crippen molar-refractivity contribution >= 4 is 45.9 Å². The second-order valence-corrected chi connectivity index (χ2v) is 9.88. The van der Waals surface area contributed by atoms with Crippen molar-refractivity contribution in [2.75, 3.05) is 10.6 Å². The summed E-state index contributed by atoms with van der Waals surface area (Å²) in [4.78, 5) is 27.9. The number of hydrogen-bond donors (Lipinski definition) is 3. The summed E-state index contributed by atoms with van der Waals surface area (Å²) >= 11 is 6.52. The zero-order chi connectivity index (χ0) is 27.2. The Hall–Kier alpha value is -4.35. The smallest absolute Gasteiger partial charge is 0.248 e. The lowest BCUT2D eigenvalue weighted by atomic mass is 9.93. The van der Waals surface area contributed by atoms with Crippen LogP contribution in [0.4, 0.5) is 17.5 Å². The number of rotatable bonds is 8. The molecule has 4 aromatic rings. The van der Waals surface area contributed by atoms with E-state index in [0.717, 1.165) is 54.4 Å². The fraction of sp³-hybridized carbons (Fsp3) is 0.267. The highest BCUT2D eigenvalue weighted by Crippen LogP contribution is 2.40. The number of benzene rings is 2. The molecule has 3 N–H and O–H groups in total. The van der Waals surface area contributed by atoms with Crippen LogP contribution in [0.25, 0.3) is 27.0 Å². The van der Waals surface area contributed by atoms with Crippen LogP contribution in [0.3, 0.4) is 0 Å². The minimum atomic E-state index is -0.144. The number of carbonyl (C=O) groups excluding carboxylic acids is 1. The first-order valence-corrected chi connectivity index (χ1v) is 13.4. The number of nitrogens with zero attached hydrogens (tertiary/aromatic N) is 3. The van der Waals surface area contributed by atoms with E-state index >= 15 is 0 Å². The first-order valence-electron chi connectivity index (χ1n) is 13.1. The molecule has 198 valence electrons. The van der Waals surface area contributed by atoms with Gasteiger partial charge in [0, 0.05) is 29.1 Å². The topological polar surface area (TPSA) is 96.3 Å². The molecule has 0 saturated heterocycles. The number of hydrogen-bond acceptors (Lipinski definition) is 5. The predicted octanol–water partition coefficient (Wildman–Crippen LogP) is 7.54. The van der Waals surface area contributed by atoms with E-state index < -0.39 is 0 Å². The van der Waals surface area contributed by atoms with Crippen LogP contribution >= 0.6 is 11.6 Å². The van der Waals surface area contributed by atoms with E-state index in [2.05, 4.69) is 25.4 Å². The summed E-state index contributed by atoms with van der Waals surface area (Å²) < 4.78 is 6.26. The molecule has 2 heterocycles. The van der Waals surface area contributed by atoms with Crippen molar-refractivity contribution in [3.8, 4) is 17.0 Å². The van der Waals surface area contributed by atoms with Crippen molar-refractivity contribution in [2.45, 2.75) is 51.2 Å². The Morgan fingerprint density at radius 2 is 2.05 bits per heavy atom. The first kappa shape index (κ1) is 26.3. The van der Waals surface area contributed by atoms with Crippen LogP contribution in [-0.2, 0) is 4.79 Å². The van der Waals surface area contributed by atoms with Gasteiger partial charge in [0.2, 0.25) is 17.7 Å². The van der Waals surface area contributed by atoms with Gasteiger partial charge in [0.15, 0.2) is 0 Å². The number of halogens is 1. The number of aromatic nitrogens is 3. The molecule has 9 heteroatoms. The third-order valence-electron chi connectivity index (χ3n) is 6.67. The zero-order valence-corrected chi connectivity index (χ0v) is 22.3. The van der Waals surface area contributed by atoms with Gasteiger partial charge in [-0.15, -0.1) is 0 Å². The van der Waals surface area contributed by atoms with Crippen LogP contribution in [0.15, 0.2) is 66.9 Å². The molecule has 1 amide bonds. The van der Waals surface area contributed by atoms with E-state index in [1.807, 2.05) is 61.5 Å². The second-order valence-electron chi connectivity index (χ2n) is 9.47. The fourth-order valence-electron chi connectivity index (χ4n) is 4.85. The Morgan fingerprint density at radius 1 is 1.23 bits per heavy atom. The van der Waals surface area contributed by atoms with Crippen molar-refractivity contribution in [3.63, 3.8) is 0 Å². The molecule has 0 aliphatic heterocycles. The average molecular weight is 541 g/mol. The molecule has 0 bridgehead atoms. The van der Waals surface area contributed by atoms with Crippen LogP contribution in [0, 0.1) is 6.57 Å². The lowest BCUT2D eigenvalue weighted by Crippen LogP contribution is -2.33. The van der Waals surface area contributed by atoms with Gasteiger partial charge in [0.25, 0.3) is 0 Å². The van der Waals surface area contributed by atoms with Crippen LogP contribution in [0.1, 0.15) is 39.0 Å². The molecular formula is C30H29ClN6O2. The maximum atomic E-state index is 11.9. The van der Waals surface area contributed by atoms with Gasteiger partial charge in [-0.2, -0.15) is 0 Å². The summed E-state index contributed by atoms with van der Waals surface area (Å²) in [5.74, 6) is 1.49. The van der Waals surface area contributed by atoms with E-state index in [9.17, 15) is 4.79 Å². The highest BCUT2D eigenvalue weighted by molar-refractivity contribution is 6.33. The van der Waals surface area contributed by atoms with Gasteiger partial charge in [-0.3, -0.25) is 4.79 Å². The minimum absolute atomic E-state index is 0.0401. The Bertz CT molecular complexity index is 1540. The number of allylic oxidation sites excluding steroid dienone is 1. The largest absolute Gasteiger partial charge is 0.490 e. The maximum absolute atomic E-state index is 11.9. The van der Waals surface area contributed by atoms with E-state index in [0.29, 0.717) is 28.0 Å². The lowest BCUT2D eigenvalue weighted by Gasteiger charge is -2.30. The van der Waals surface area contributed by atoms with Gasteiger partial charge in [0.1, 0.15) is 17.4 Å². The van der Waals surface area contributed by atoms with E-state index in [-0.39, 0.29) is 18.1 Å². The Labute approximate surface area is 232 Å². The molecule has 2 unspecified atom stereocenters. The third-order valence-corrected chi connectivity index (χ3v) is 6.94. The van der Waals surface area contributed by atoms with Crippen molar-refractivity contribution < 1.29 is 9.53 Å². The molecule has 1 saturated carbocycles. The maximum Gasteiger partial charge on any atom is 0.248 e. The van der Waals surface area contributed by atoms with E-state index in [4.69, 9.17) is 27.9 Å². The SMILES string of the molecule is [C-]#[N+]c1[nH]c2ccccc2c1-c1nc(NC2CCCC(Oc3ccc(NC(=O)/C=C/CC)cc3)C2)ncc1Cl. The highest BCUT2D eigenvalue weighted by atomic mass is 35.5.